The molecule has 1 heterocycles. The molecule has 0 bridgehead atoms. The van der Waals surface area contributed by atoms with Crippen LogP contribution < -0.4 is 15.2 Å². The summed E-state index contributed by atoms with van der Waals surface area (Å²) in [5, 5.41) is 9.02. The van der Waals surface area contributed by atoms with Crippen molar-refractivity contribution in [2.75, 3.05) is 18.9 Å². The van der Waals surface area contributed by atoms with Gasteiger partial charge >= 0.3 is 0 Å². The SMILES string of the molecule is N#Cc1cccc(Sc2ccc3c(c2)OCCCO3)c1N. The molecule has 0 atom stereocenters. The van der Waals surface area contributed by atoms with Crippen molar-refractivity contribution < 1.29 is 9.47 Å². The predicted molar refractivity (Wildman–Crippen MR) is 81.7 cm³/mol. The van der Waals surface area contributed by atoms with Gasteiger partial charge in [-0.3, -0.25) is 0 Å². The number of nitriles is 1. The summed E-state index contributed by atoms with van der Waals surface area (Å²) in [6.07, 6.45) is 0.883. The van der Waals surface area contributed by atoms with E-state index in [1.54, 1.807) is 6.07 Å². The van der Waals surface area contributed by atoms with Crippen LogP contribution in [0.2, 0.25) is 0 Å². The van der Waals surface area contributed by atoms with Crippen LogP contribution in [-0.4, -0.2) is 13.2 Å². The van der Waals surface area contributed by atoms with E-state index in [9.17, 15) is 0 Å². The van der Waals surface area contributed by atoms with Gasteiger partial charge < -0.3 is 15.2 Å². The monoisotopic (exact) mass is 298 g/mol. The van der Waals surface area contributed by atoms with Crippen molar-refractivity contribution in [3.8, 4) is 17.6 Å². The van der Waals surface area contributed by atoms with Crippen molar-refractivity contribution in [3.05, 3.63) is 42.0 Å². The van der Waals surface area contributed by atoms with E-state index in [-0.39, 0.29) is 0 Å². The molecule has 4 nitrogen and oxygen atoms in total. The number of hydrogen-bond acceptors (Lipinski definition) is 5. The van der Waals surface area contributed by atoms with E-state index >= 15 is 0 Å². The Morgan fingerprint density at radius 2 is 1.90 bits per heavy atom. The lowest BCUT2D eigenvalue weighted by Gasteiger charge is -2.10. The molecule has 0 amide bonds. The largest absolute Gasteiger partial charge is 0.490 e. The van der Waals surface area contributed by atoms with E-state index < -0.39 is 0 Å². The second kappa shape index (κ2) is 5.98. The minimum absolute atomic E-state index is 0.495. The average Bonchev–Trinajstić information content (AvgIpc) is 2.74. The first kappa shape index (κ1) is 13.7. The van der Waals surface area contributed by atoms with Crippen LogP contribution >= 0.6 is 11.8 Å². The van der Waals surface area contributed by atoms with Gasteiger partial charge in [-0.2, -0.15) is 5.26 Å². The molecule has 21 heavy (non-hydrogen) atoms. The van der Waals surface area contributed by atoms with Gasteiger partial charge in [0.1, 0.15) is 6.07 Å². The Balaban J connectivity index is 1.89. The number of fused-ring (bicyclic) bond motifs is 1. The van der Waals surface area contributed by atoms with Crippen molar-refractivity contribution in [2.24, 2.45) is 0 Å². The second-order valence-corrected chi connectivity index (χ2v) is 5.71. The summed E-state index contributed by atoms with van der Waals surface area (Å²) in [5.74, 6) is 1.53. The fourth-order valence-corrected chi connectivity index (χ4v) is 2.99. The Morgan fingerprint density at radius 1 is 1.10 bits per heavy atom. The number of rotatable bonds is 2. The number of ether oxygens (including phenoxy) is 2. The highest BCUT2D eigenvalue weighted by Crippen LogP contribution is 2.38. The maximum absolute atomic E-state index is 9.02. The fraction of sp³-hybridized carbons (Fsp3) is 0.188. The summed E-state index contributed by atoms with van der Waals surface area (Å²) in [4.78, 5) is 1.87. The summed E-state index contributed by atoms with van der Waals surface area (Å²) >= 11 is 1.51. The molecule has 2 aromatic rings. The fourth-order valence-electron chi connectivity index (χ4n) is 2.06. The lowest BCUT2D eigenvalue weighted by atomic mass is 10.2. The molecule has 5 heteroatoms. The van der Waals surface area contributed by atoms with Gasteiger partial charge in [0.25, 0.3) is 0 Å². The molecule has 0 saturated carbocycles. The van der Waals surface area contributed by atoms with Crippen LogP contribution in [0.15, 0.2) is 46.2 Å². The Bertz CT molecular complexity index is 710. The Kier molecular flexibility index (Phi) is 3.89. The van der Waals surface area contributed by atoms with Gasteiger partial charge in [-0.15, -0.1) is 0 Å². The summed E-state index contributed by atoms with van der Waals surface area (Å²) in [7, 11) is 0. The molecule has 1 aliphatic rings. The van der Waals surface area contributed by atoms with Gasteiger partial charge in [-0.05, 0) is 30.3 Å². The molecule has 0 aliphatic carbocycles. The molecule has 3 rings (SSSR count). The van der Waals surface area contributed by atoms with E-state index in [1.807, 2.05) is 30.3 Å². The molecule has 0 aromatic heterocycles. The van der Waals surface area contributed by atoms with Crippen LogP contribution in [0.4, 0.5) is 5.69 Å². The van der Waals surface area contributed by atoms with Crippen LogP contribution in [0, 0.1) is 11.3 Å². The summed E-state index contributed by atoms with van der Waals surface area (Å²) < 4.78 is 11.3. The van der Waals surface area contributed by atoms with Gasteiger partial charge in [0.15, 0.2) is 11.5 Å². The van der Waals surface area contributed by atoms with Crippen molar-refractivity contribution in [1.29, 1.82) is 5.26 Å². The summed E-state index contributed by atoms with van der Waals surface area (Å²) in [5.41, 5.74) is 7.01. The average molecular weight is 298 g/mol. The van der Waals surface area contributed by atoms with Crippen LogP contribution in [0.5, 0.6) is 11.5 Å². The zero-order valence-electron chi connectivity index (χ0n) is 11.3. The van der Waals surface area contributed by atoms with E-state index in [2.05, 4.69) is 6.07 Å². The number of nitrogens with two attached hydrogens (primary N) is 1. The summed E-state index contributed by atoms with van der Waals surface area (Å²) in [6.45, 7) is 1.34. The highest BCUT2D eigenvalue weighted by Gasteiger charge is 2.12. The number of nitrogens with zero attached hydrogens (tertiary/aromatic N) is 1. The highest BCUT2D eigenvalue weighted by molar-refractivity contribution is 7.99. The van der Waals surface area contributed by atoms with E-state index in [0.717, 1.165) is 27.7 Å². The number of benzene rings is 2. The lowest BCUT2D eigenvalue weighted by Crippen LogP contribution is -1.97. The Hall–Kier alpha value is -2.32. The normalized spacial score (nSPS) is 13.3. The van der Waals surface area contributed by atoms with E-state index in [1.165, 1.54) is 11.8 Å². The van der Waals surface area contributed by atoms with Crippen LogP contribution in [0.1, 0.15) is 12.0 Å². The predicted octanol–water partition coefficient (Wildman–Crippen LogP) is 3.45. The van der Waals surface area contributed by atoms with Gasteiger partial charge in [-0.1, -0.05) is 17.8 Å². The van der Waals surface area contributed by atoms with Crippen molar-refractivity contribution >= 4 is 17.4 Å². The van der Waals surface area contributed by atoms with Gasteiger partial charge in [0.05, 0.1) is 24.5 Å². The maximum Gasteiger partial charge on any atom is 0.162 e. The third-order valence-electron chi connectivity index (χ3n) is 3.13. The molecule has 2 aromatic carbocycles. The molecular weight excluding hydrogens is 284 g/mol. The first-order chi connectivity index (χ1) is 10.3. The number of hydrogen-bond donors (Lipinski definition) is 1. The maximum atomic E-state index is 9.02. The van der Waals surface area contributed by atoms with Gasteiger partial charge in [0.2, 0.25) is 0 Å². The first-order valence-corrected chi connectivity index (χ1v) is 7.45. The molecule has 0 fully saturated rings. The summed E-state index contributed by atoms with van der Waals surface area (Å²) in [6, 6.07) is 13.4. The van der Waals surface area contributed by atoms with Crippen LogP contribution in [0.3, 0.4) is 0 Å². The first-order valence-electron chi connectivity index (χ1n) is 6.64. The Labute approximate surface area is 127 Å². The number of para-hydroxylation sites is 1. The topological polar surface area (TPSA) is 68.3 Å². The molecule has 0 unspecified atom stereocenters. The minimum atomic E-state index is 0.495. The third-order valence-corrected chi connectivity index (χ3v) is 4.20. The quantitative estimate of drug-likeness (QED) is 0.860. The molecule has 0 spiro atoms. The zero-order valence-corrected chi connectivity index (χ0v) is 12.2. The third kappa shape index (κ3) is 2.91. The minimum Gasteiger partial charge on any atom is -0.490 e. The van der Waals surface area contributed by atoms with Gasteiger partial charge in [-0.25, -0.2) is 0 Å². The van der Waals surface area contributed by atoms with E-state index in [0.29, 0.717) is 24.5 Å². The molecule has 0 radical (unpaired) electrons. The second-order valence-electron chi connectivity index (χ2n) is 4.59. The van der Waals surface area contributed by atoms with E-state index in [4.69, 9.17) is 20.5 Å². The molecule has 106 valence electrons. The van der Waals surface area contributed by atoms with Crippen molar-refractivity contribution in [1.82, 2.24) is 0 Å². The standard InChI is InChI=1S/C16H14N2O2S/c17-10-11-3-1-4-15(16(11)18)21-12-5-6-13-14(9-12)20-8-2-7-19-13/h1,3-6,9H,2,7-8,18H2. The number of anilines is 1. The molecule has 1 aliphatic heterocycles. The van der Waals surface area contributed by atoms with Crippen LogP contribution in [-0.2, 0) is 0 Å². The van der Waals surface area contributed by atoms with Crippen molar-refractivity contribution in [2.45, 2.75) is 16.2 Å². The van der Waals surface area contributed by atoms with Crippen molar-refractivity contribution in [3.63, 3.8) is 0 Å². The number of nitrogen functional groups attached to an aromatic ring is 1. The van der Waals surface area contributed by atoms with Gasteiger partial charge in [0, 0.05) is 16.2 Å². The molecule has 2 N–H and O–H groups in total. The molecular formula is C16H14N2O2S. The zero-order chi connectivity index (χ0) is 14.7. The smallest absolute Gasteiger partial charge is 0.162 e. The molecule has 0 saturated heterocycles. The lowest BCUT2D eigenvalue weighted by molar-refractivity contribution is 0.297. The highest BCUT2D eigenvalue weighted by atomic mass is 32.2. The van der Waals surface area contributed by atoms with Crippen LogP contribution in [0.25, 0.3) is 0 Å². The Morgan fingerprint density at radius 3 is 2.71 bits per heavy atom.